The number of nitrogens with zero attached hydrogens (tertiary/aromatic N) is 2. The van der Waals surface area contributed by atoms with Gasteiger partial charge in [0.2, 0.25) is 21.8 Å². The highest BCUT2D eigenvalue weighted by Gasteiger charge is 2.36. The molecule has 152 valence electrons. The summed E-state index contributed by atoms with van der Waals surface area (Å²) in [5.41, 5.74) is 1.47. The third-order valence-corrected chi connectivity index (χ3v) is 7.67. The van der Waals surface area contributed by atoms with E-state index >= 15 is 0 Å². The molecule has 0 radical (unpaired) electrons. The van der Waals surface area contributed by atoms with E-state index < -0.39 is 15.9 Å². The minimum absolute atomic E-state index is 0.104. The number of fused-ring (bicyclic) bond motifs is 1. The lowest BCUT2D eigenvalue weighted by molar-refractivity contribution is -0.136. The molecule has 7 nitrogen and oxygen atoms in total. The topological polar surface area (TPSA) is 86.8 Å². The van der Waals surface area contributed by atoms with Gasteiger partial charge in [0.25, 0.3) is 0 Å². The molecular formula is C20H20BrN3O4S. The van der Waals surface area contributed by atoms with Gasteiger partial charge in [0.05, 0.1) is 10.8 Å². The van der Waals surface area contributed by atoms with E-state index in [1.165, 1.54) is 4.31 Å². The number of piperazine rings is 1. The minimum atomic E-state index is -3.61. The van der Waals surface area contributed by atoms with Crippen molar-refractivity contribution in [3.8, 4) is 0 Å². The molecule has 1 atom stereocenters. The van der Waals surface area contributed by atoms with E-state index in [9.17, 15) is 18.0 Å². The van der Waals surface area contributed by atoms with Gasteiger partial charge in [-0.1, -0.05) is 40.2 Å². The minimum Gasteiger partial charge on any atom is -0.340 e. The molecule has 0 saturated carbocycles. The second-order valence-corrected chi connectivity index (χ2v) is 9.93. The van der Waals surface area contributed by atoms with Gasteiger partial charge in [0.1, 0.15) is 0 Å². The molecule has 0 aliphatic carbocycles. The normalized spacial score (nSPS) is 20.1. The maximum Gasteiger partial charge on any atom is 0.243 e. The Labute approximate surface area is 177 Å². The zero-order valence-corrected chi connectivity index (χ0v) is 17.9. The Morgan fingerprint density at radius 2 is 1.76 bits per heavy atom. The molecule has 1 N–H and O–H groups in total. The van der Waals surface area contributed by atoms with Gasteiger partial charge in [-0.2, -0.15) is 4.31 Å². The molecule has 0 unspecified atom stereocenters. The average molecular weight is 478 g/mol. The summed E-state index contributed by atoms with van der Waals surface area (Å²) in [6.45, 7) is 1.04. The Kier molecular flexibility index (Phi) is 5.46. The third-order valence-electron chi connectivity index (χ3n) is 5.28. The Morgan fingerprint density at radius 1 is 1.03 bits per heavy atom. The summed E-state index contributed by atoms with van der Waals surface area (Å²) < 4.78 is 27.8. The summed E-state index contributed by atoms with van der Waals surface area (Å²) in [6.07, 6.45) is 0.104. The summed E-state index contributed by atoms with van der Waals surface area (Å²) in [4.78, 5) is 27.0. The largest absolute Gasteiger partial charge is 0.340 e. The van der Waals surface area contributed by atoms with Crippen molar-refractivity contribution in [1.82, 2.24) is 9.21 Å². The van der Waals surface area contributed by atoms with Crippen LogP contribution in [-0.2, 0) is 19.6 Å². The van der Waals surface area contributed by atoms with Crippen LogP contribution in [-0.4, -0.2) is 55.6 Å². The smallest absolute Gasteiger partial charge is 0.243 e. The Hall–Kier alpha value is -2.23. The van der Waals surface area contributed by atoms with Crippen LogP contribution in [0.1, 0.15) is 17.9 Å². The van der Waals surface area contributed by atoms with Crippen LogP contribution in [0.25, 0.3) is 0 Å². The Balaban J connectivity index is 1.48. The lowest BCUT2D eigenvalue weighted by atomic mass is 9.89. The van der Waals surface area contributed by atoms with Gasteiger partial charge in [-0.05, 0) is 29.8 Å². The number of hydrogen-bond donors (Lipinski definition) is 1. The molecule has 2 aromatic carbocycles. The second kappa shape index (κ2) is 7.89. The van der Waals surface area contributed by atoms with Gasteiger partial charge >= 0.3 is 0 Å². The summed E-state index contributed by atoms with van der Waals surface area (Å²) in [5, 5.41) is 2.80. The summed E-state index contributed by atoms with van der Waals surface area (Å²) in [6, 6.07) is 13.9. The lowest BCUT2D eigenvalue weighted by Gasteiger charge is -2.36. The molecule has 1 fully saturated rings. The van der Waals surface area contributed by atoms with Crippen molar-refractivity contribution in [2.24, 2.45) is 0 Å². The highest BCUT2D eigenvalue weighted by atomic mass is 79.9. The van der Waals surface area contributed by atoms with Crippen molar-refractivity contribution in [3.05, 3.63) is 58.6 Å². The highest BCUT2D eigenvalue weighted by molar-refractivity contribution is 9.10. The first-order chi connectivity index (χ1) is 13.9. The molecule has 2 amide bonds. The first kappa shape index (κ1) is 20.1. The first-order valence-corrected chi connectivity index (χ1v) is 11.5. The van der Waals surface area contributed by atoms with Crippen molar-refractivity contribution >= 4 is 43.5 Å². The van der Waals surface area contributed by atoms with Crippen LogP contribution in [0.3, 0.4) is 0 Å². The van der Waals surface area contributed by atoms with E-state index in [4.69, 9.17) is 0 Å². The van der Waals surface area contributed by atoms with Crippen molar-refractivity contribution in [1.29, 1.82) is 0 Å². The van der Waals surface area contributed by atoms with E-state index in [0.29, 0.717) is 23.2 Å². The first-order valence-electron chi connectivity index (χ1n) is 9.29. The summed E-state index contributed by atoms with van der Waals surface area (Å²) in [7, 11) is -3.61. The SMILES string of the molecule is O=C1C[C@H](C(=O)N2CCN(S(=O)(=O)c3cccc(Br)c3)CC2)c2ccccc2N1. The number of amides is 2. The number of carbonyl (C=O) groups excluding carboxylic acids is 2. The molecule has 2 aliphatic heterocycles. The molecule has 0 bridgehead atoms. The van der Waals surface area contributed by atoms with Crippen LogP contribution in [0.15, 0.2) is 57.9 Å². The molecule has 1 saturated heterocycles. The summed E-state index contributed by atoms with van der Waals surface area (Å²) in [5.74, 6) is -0.849. The Bertz CT molecular complexity index is 1060. The number of para-hydroxylation sites is 1. The molecular weight excluding hydrogens is 458 g/mol. The van der Waals surface area contributed by atoms with E-state index in [1.54, 1.807) is 35.2 Å². The van der Waals surface area contributed by atoms with Crippen molar-refractivity contribution in [2.75, 3.05) is 31.5 Å². The number of benzene rings is 2. The van der Waals surface area contributed by atoms with Crippen LogP contribution in [0.5, 0.6) is 0 Å². The van der Waals surface area contributed by atoms with Gasteiger partial charge in [-0.15, -0.1) is 0 Å². The molecule has 4 rings (SSSR count). The molecule has 9 heteroatoms. The fourth-order valence-electron chi connectivity index (χ4n) is 3.78. The standard InChI is InChI=1S/C20H20BrN3O4S/c21-14-4-3-5-15(12-14)29(27,28)24-10-8-23(9-11-24)20(26)17-13-19(25)22-18-7-2-1-6-16(17)18/h1-7,12,17H,8-11,13H2,(H,22,25)/t17-/m0/s1. The van der Waals surface area contributed by atoms with Crippen LogP contribution in [0, 0.1) is 0 Å². The van der Waals surface area contributed by atoms with Gasteiger partial charge in [0.15, 0.2) is 0 Å². The van der Waals surface area contributed by atoms with E-state index in [0.717, 1.165) is 5.56 Å². The predicted molar refractivity (Wildman–Crippen MR) is 112 cm³/mol. The molecule has 0 aromatic heterocycles. The van der Waals surface area contributed by atoms with Crippen molar-refractivity contribution in [2.45, 2.75) is 17.2 Å². The number of carbonyl (C=O) groups is 2. The van der Waals surface area contributed by atoms with Gasteiger partial charge < -0.3 is 10.2 Å². The fraction of sp³-hybridized carbons (Fsp3) is 0.300. The number of halogens is 1. The maximum absolute atomic E-state index is 13.1. The molecule has 2 aromatic rings. The van der Waals surface area contributed by atoms with Crippen LogP contribution in [0.2, 0.25) is 0 Å². The van der Waals surface area contributed by atoms with Gasteiger partial charge in [-0.3, -0.25) is 9.59 Å². The van der Waals surface area contributed by atoms with Crippen LogP contribution >= 0.6 is 15.9 Å². The third kappa shape index (κ3) is 3.94. The number of anilines is 1. The highest BCUT2D eigenvalue weighted by Crippen LogP contribution is 2.33. The molecule has 0 spiro atoms. The molecule has 2 aliphatic rings. The number of sulfonamides is 1. The maximum atomic E-state index is 13.1. The number of rotatable bonds is 3. The molecule has 29 heavy (non-hydrogen) atoms. The van der Waals surface area contributed by atoms with E-state index in [-0.39, 0.29) is 36.2 Å². The second-order valence-electron chi connectivity index (χ2n) is 7.08. The van der Waals surface area contributed by atoms with Crippen LogP contribution in [0.4, 0.5) is 5.69 Å². The summed E-state index contributed by atoms with van der Waals surface area (Å²) >= 11 is 3.30. The average Bonchev–Trinajstić information content (AvgIpc) is 2.72. The zero-order chi connectivity index (χ0) is 20.6. The monoisotopic (exact) mass is 477 g/mol. The van der Waals surface area contributed by atoms with Crippen LogP contribution < -0.4 is 5.32 Å². The van der Waals surface area contributed by atoms with Gasteiger partial charge in [0, 0.05) is 42.8 Å². The van der Waals surface area contributed by atoms with Gasteiger partial charge in [-0.25, -0.2) is 8.42 Å². The van der Waals surface area contributed by atoms with E-state index in [2.05, 4.69) is 21.2 Å². The quantitative estimate of drug-likeness (QED) is 0.734. The van der Waals surface area contributed by atoms with Crippen molar-refractivity contribution in [3.63, 3.8) is 0 Å². The van der Waals surface area contributed by atoms with Crippen molar-refractivity contribution < 1.29 is 18.0 Å². The fourth-order valence-corrected chi connectivity index (χ4v) is 5.80. The number of nitrogens with one attached hydrogen (secondary N) is 1. The molecule has 2 heterocycles. The Morgan fingerprint density at radius 3 is 2.48 bits per heavy atom. The lowest BCUT2D eigenvalue weighted by Crippen LogP contribution is -2.52. The number of hydrogen-bond acceptors (Lipinski definition) is 4. The zero-order valence-electron chi connectivity index (χ0n) is 15.5. The van der Waals surface area contributed by atoms with E-state index in [1.807, 2.05) is 18.2 Å². The predicted octanol–water partition coefficient (Wildman–Crippen LogP) is 2.41.